The highest BCUT2D eigenvalue weighted by Gasteiger charge is 2.29. The first-order valence-corrected chi connectivity index (χ1v) is 15.1. The zero-order valence-corrected chi connectivity index (χ0v) is 27.7. The molecule has 0 aliphatic rings. The van der Waals surface area contributed by atoms with E-state index in [1.54, 1.807) is 26.8 Å². The molecule has 0 spiro atoms. The topological polar surface area (TPSA) is 114 Å². The molecule has 0 atom stereocenters. The number of esters is 4. The molecule has 3 rings (SSSR count). The third-order valence-corrected chi connectivity index (χ3v) is 6.89. The van der Waals surface area contributed by atoms with E-state index >= 15 is 0 Å². The zero-order valence-electron chi connectivity index (χ0n) is 27.7. The number of hydrogen-bond acceptors (Lipinski definition) is 9. The van der Waals surface area contributed by atoms with Crippen LogP contribution in [0.5, 0.6) is 17.2 Å². The van der Waals surface area contributed by atoms with E-state index in [4.69, 9.17) is 23.7 Å². The maximum atomic E-state index is 12.3. The van der Waals surface area contributed by atoms with E-state index in [1.165, 1.54) is 30.3 Å². The highest BCUT2D eigenvalue weighted by Crippen LogP contribution is 2.27. The minimum absolute atomic E-state index is 0.0288. The monoisotopic (exact) mass is 652 g/mol. The molecule has 250 valence electrons. The zero-order chi connectivity index (χ0) is 35.3. The maximum Gasteiger partial charge on any atom is 0.338 e. The first-order valence-electron chi connectivity index (χ1n) is 15.1. The summed E-state index contributed by atoms with van der Waals surface area (Å²) in [4.78, 5) is 47.8. The molecule has 48 heavy (non-hydrogen) atoms. The van der Waals surface area contributed by atoms with Crippen LogP contribution in [-0.4, -0.2) is 43.7 Å². The van der Waals surface area contributed by atoms with Crippen LogP contribution < -0.4 is 14.2 Å². The summed E-state index contributed by atoms with van der Waals surface area (Å²) in [5.74, 6) is -0.833. The Labute approximate surface area is 281 Å². The SMILES string of the molecule is C=C(C)C(=O)OCC(C)(CCOc1ccc(-c2ccc(/C=C/C(=O)Oc3ccc(OC(=O)C(=C)C)cc3)cc2)cc1)COC(=O)C(=C)C. The van der Waals surface area contributed by atoms with Gasteiger partial charge in [-0.05, 0) is 86.4 Å². The highest BCUT2D eigenvalue weighted by atomic mass is 16.6. The third-order valence-electron chi connectivity index (χ3n) is 6.89. The van der Waals surface area contributed by atoms with Crippen LogP contribution in [0.1, 0.15) is 39.7 Å². The third kappa shape index (κ3) is 11.9. The fraction of sp³-hybridized carbons (Fsp3) is 0.231. The number of carbonyl (C=O) groups is 4. The van der Waals surface area contributed by atoms with Crippen molar-refractivity contribution in [2.45, 2.75) is 34.1 Å². The summed E-state index contributed by atoms with van der Waals surface area (Å²) in [6.07, 6.45) is 3.43. The standard InChI is InChI=1S/C39H40O9/c1-26(2)36(41)45-24-39(7,25-46-37(42)27(3)4)22-23-44-32-15-13-31(14-16-32)30-11-8-29(9-12-30)10-21-35(40)47-33-17-19-34(20-18-33)48-38(43)28(5)6/h8-21H,1,3,5,22-25H2,2,4,6-7H3/b21-10+. The summed E-state index contributed by atoms with van der Waals surface area (Å²) in [6.45, 7) is 17.6. The lowest BCUT2D eigenvalue weighted by Gasteiger charge is -2.28. The molecule has 0 aromatic heterocycles. The molecule has 0 saturated heterocycles. The van der Waals surface area contributed by atoms with Crippen molar-refractivity contribution in [3.05, 3.63) is 121 Å². The molecular formula is C39H40O9. The average Bonchev–Trinajstić information content (AvgIpc) is 3.06. The molecular weight excluding hydrogens is 612 g/mol. The first-order chi connectivity index (χ1) is 22.7. The molecule has 0 bridgehead atoms. The molecule has 0 saturated carbocycles. The quantitative estimate of drug-likeness (QED) is 0.0883. The van der Waals surface area contributed by atoms with Crippen molar-refractivity contribution in [3.8, 4) is 28.4 Å². The minimum Gasteiger partial charge on any atom is -0.494 e. The van der Waals surface area contributed by atoms with Gasteiger partial charge >= 0.3 is 23.9 Å². The van der Waals surface area contributed by atoms with Gasteiger partial charge in [-0.25, -0.2) is 19.2 Å². The van der Waals surface area contributed by atoms with Crippen molar-refractivity contribution in [1.82, 2.24) is 0 Å². The number of hydrogen-bond donors (Lipinski definition) is 0. The molecule has 0 aliphatic heterocycles. The van der Waals surface area contributed by atoms with Gasteiger partial charge in [-0.2, -0.15) is 0 Å². The number of ether oxygens (including phenoxy) is 5. The number of rotatable bonds is 16. The van der Waals surface area contributed by atoms with Gasteiger partial charge in [0.25, 0.3) is 0 Å². The average molecular weight is 653 g/mol. The molecule has 0 heterocycles. The van der Waals surface area contributed by atoms with Gasteiger partial charge < -0.3 is 23.7 Å². The molecule has 0 aliphatic carbocycles. The Morgan fingerprint density at radius 1 is 0.625 bits per heavy atom. The summed E-state index contributed by atoms with van der Waals surface area (Å²) in [5, 5.41) is 0. The lowest BCUT2D eigenvalue weighted by atomic mass is 9.89. The summed E-state index contributed by atoms with van der Waals surface area (Å²) in [6, 6.07) is 21.4. The van der Waals surface area contributed by atoms with E-state index in [2.05, 4.69) is 19.7 Å². The van der Waals surface area contributed by atoms with Crippen LogP contribution in [0.3, 0.4) is 0 Å². The number of carbonyl (C=O) groups excluding carboxylic acids is 4. The van der Waals surface area contributed by atoms with E-state index in [0.29, 0.717) is 30.3 Å². The van der Waals surface area contributed by atoms with Gasteiger partial charge in [0.15, 0.2) is 0 Å². The van der Waals surface area contributed by atoms with Gasteiger partial charge in [0.05, 0.1) is 6.61 Å². The maximum absolute atomic E-state index is 12.3. The minimum atomic E-state index is -0.683. The van der Waals surface area contributed by atoms with Gasteiger partial charge in [-0.1, -0.05) is 63.1 Å². The molecule has 3 aromatic rings. The fourth-order valence-corrected chi connectivity index (χ4v) is 3.94. The van der Waals surface area contributed by atoms with E-state index in [-0.39, 0.29) is 29.9 Å². The van der Waals surface area contributed by atoms with E-state index in [1.807, 2.05) is 55.5 Å². The smallest absolute Gasteiger partial charge is 0.338 e. The van der Waals surface area contributed by atoms with Crippen molar-refractivity contribution in [2.24, 2.45) is 5.41 Å². The Morgan fingerprint density at radius 2 is 1.06 bits per heavy atom. The molecule has 0 fully saturated rings. The van der Waals surface area contributed by atoms with Crippen molar-refractivity contribution in [1.29, 1.82) is 0 Å². The highest BCUT2D eigenvalue weighted by molar-refractivity contribution is 5.90. The molecule has 0 N–H and O–H groups in total. The van der Waals surface area contributed by atoms with Gasteiger partial charge in [0.2, 0.25) is 0 Å². The molecule has 0 radical (unpaired) electrons. The second kappa shape index (κ2) is 17.3. The van der Waals surface area contributed by atoms with E-state index in [0.717, 1.165) is 16.7 Å². The van der Waals surface area contributed by atoms with Crippen LogP contribution >= 0.6 is 0 Å². The Balaban J connectivity index is 1.52. The van der Waals surface area contributed by atoms with Gasteiger partial charge in [-0.3, -0.25) is 0 Å². The molecule has 3 aromatic carbocycles. The molecule has 0 amide bonds. The molecule has 9 nitrogen and oxygen atoms in total. The van der Waals surface area contributed by atoms with Gasteiger partial charge in [0.1, 0.15) is 30.5 Å². The van der Waals surface area contributed by atoms with Crippen LogP contribution in [0, 0.1) is 5.41 Å². The Kier molecular flexibility index (Phi) is 13.2. The summed E-state index contributed by atoms with van der Waals surface area (Å²) < 4.78 is 27.1. The first kappa shape index (κ1) is 36.8. The van der Waals surface area contributed by atoms with Crippen molar-refractivity contribution in [2.75, 3.05) is 19.8 Å². The van der Waals surface area contributed by atoms with Crippen molar-refractivity contribution in [3.63, 3.8) is 0 Å². The Hall–Kier alpha value is -5.70. The molecule has 9 heteroatoms. The van der Waals surface area contributed by atoms with Gasteiger partial charge in [-0.15, -0.1) is 0 Å². The van der Waals surface area contributed by atoms with E-state index < -0.39 is 29.3 Å². The Morgan fingerprint density at radius 3 is 1.54 bits per heavy atom. The van der Waals surface area contributed by atoms with Gasteiger partial charge in [0, 0.05) is 28.2 Å². The van der Waals surface area contributed by atoms with Crippen LogP contribution in [-0.2, 0) is 28.7 Å². The van der Waals surface area contributed by atoms with Crippen LogP contribution in [0.2, 0.25) is 0 Å². The fourth-order valence-electron chi connectivity index (χ4n) is 3.94. The van der Waals surface area contributed by atoms with E-state index in [9.17, 15) is 19.2 Å². The number of benzene rings is 3. The van der Waals surface area contributed by atoms with Crippen LogP contribution in [0.25, 0.3) is 17.2 Å². The second-order valence-corrected chi connectivity index (χ2v) is 11.7. The normalized spacial score (nSPS) is 10.9. The van der Waals surface area contributed by atoms with Crippen molar-refractivity contribution < 1.29 is 42.9 Å². The largest absolute Gasteiger partial charge is 0.494 e. The summed E-state index contributed by atoms with van der Waals surface area (Å²) >= 11 is 0. The predicted octanol–water partition coefficient (Wildman–Crippen LogP) is 7.47. The summed E-state index contributed by atoms with van der Waals surface area (Å²) in [7, 11) is 0. The Bertz CT molecular complexity index is 1650. The van der Waals surface area contributed by atoms with Crippen LogP contribution in [0.4, 0.5) is 0 Å². The van der Waals surface area contributed by atoms with Crippen LogP contribution in [0.15, 0.2) is 115 Å². The second-order valence-electron chi connectivity index (χ2n) is 11.7. The molecule has 0 unspecified atom stereocenters. The lowest BCUT2D eigenvalue weighted by molar-refractivity contribution is -0.149. The predicted molar refractivity (Wildman–Crippen MR) is 183 cm³/mol. The summed E-state index contributed by atoms with van der Waals surface area (Å²) in [5.41, 5.74) is 2.91. The lowest BCUT2D eigenvalue weighted by Crippen LogP contribution is -2.33. The van der Waals surface area contributed by atoms with Crippen molar-refractivity contribution >= 4 is 30.0 Å².